The quantitative estimate of drug-likeness (QED) is 0.440. The van der Waals surface area contributed by atoms with Crippen molar-refractivity contribution >= 4 is 35.0 Å². The van der Waals surface area contributed by atoms with Crippen LogP contribution < -0.4 is 9.47 Å². The van der Waals surface area contributed by atoms with Gasteiger partial charge in [0.25, 0.3) is 0 Å². The van der Waals surface area contributed by atoms with Gasteiger partial charge in [0, 0.05) is 9.13 Å². The summed E-state index contributed by atoms with van der Waals surface area (Å²) in [5.74, 6) is 1.32. The van der Waals surface area contributed by atoms with Gasteiger partial charge in [0.1, 0.15) is 0 Å². The largest absolute Gasteiger partial charge is 0.493 e. The topological polar surface area (TPSA) is 43.2 Å². The molecule has 2 aromatic rings. The summed E-state index contributed by atoms with van der Waals surface area (Å²) in [6.07, 6.45) is 3.36. The molecule has 0 heterocycles. The van der Waals surface area contributed by atoms with Gasteiger partial charge in [-0.05, 0) is 52.4 Å². The third-order valence-corrected chi connectivity index (χ3v) is 3.42. The van der Waals surface area contributed by atoms with E-state index in [2.05, 4.69) is 32.8 Å². The van der Waals surface area contributed by atoms with Gasteiger partial charge < -0.3 is 9.47 Å². The summed E-state index contributed by atoms with van der Waals surface area (Å²) in [7, 11) is 3.21. The van der Waals surface area contributed by atoms with Gasteiger partial charge in [-0.15, -0.1) is 0 Å². The Balaban J connectivity index is 2.15. The van der Waals surface area contributed by atoms with E-state index in [4.69, 9.17) is 9.47 Å². The van der Waals surface area contributed by atoms with Gasteiger partial charge in [-0.1, -0.05) is 18.2 Å². The third-order valence-electron chi connectivity index (χ3n) is 2.75. The van der Waals surface area contributed by atoms with Crippen LogP contribution in [0.2, 0.25) is 0 Å². The molecule has 0 amide bonds. The van der Waals surface area contributed by atoms with Crippen molar-refractivity contribution in [3.63, 3.8) is 0 Å². The maximum Gasteiger partial charge on any atom is 0.169 e. The van der Waals surface area contributed by atoms with Crippen LogP contribution in [0.1, 0.15) is 11.1 Å². The lowest BCUT2D eigenvalue weighted by Crippen LogP contribution is -1.94. The van der Waals surface area contributed by atoms with Crippen molar-refractivity contribution in [2.24, 2.45) is 10.2 Å². The first-order valence-electron chi connectivity index (χ1n) is 6.27. The van der Waals surface area contributed by atoms with Crippen molar-refractivity contribution in [2.45, 2.75) is 0 Å². The minimum absolute atomic E-state index is 0.646. The zero-order valence-electron chi connectivity index (χ0n) is 11.8. The normalized spacial score (nSPS) is 11.2. The number of methoxy groups -OCH3 is 2. The predicted molar refractivity (Wildman–Crippen MR) is 93.9 cm³/mol. The van der Waals surface area contributed by atoms with Crippen molar-refractivity contribution in [3.8, 4) is 11.5 Å². The molecule has 0 aliphatic rings. The molecule has 0 fully saturated rings. The van der Waals surface area contributed by atoms with E-state index in [9.17, 15) is 0 Å². The fraction of sp³-hybridized carbons (Fsp3) is 0.125. The van der Waals surface area contributed by atoms with Crippen molar-refractivity contribution in [3.05, 3.63) is 57.2 Å². The highest BCUT2D eigenvalue weighted by Gasteiger charge is 2.06. The summed E-state index contributed by atoms with van der Waals surface area (Å²) >= 11 is 2.26. The third kappa shape index (κ3) is 4.29. The lowest BCUT2D eigenvalue weighted by atomic mass is 10.2. The number of rotatable bonds is 5. The molecule has 0 unspecified atom stereocenters. The number of hydrogen-bond donors (Lipinski definition) is 0. The molecule has 0 aliphatic carbocycles. The van der Waals surface area contributed by atoms with Gasteiger partial charge in [0.05, 0.1) is 26.6 Å². The standard InChI is InChI=1S/C16H15IN2O2/c1-20-15-8-4-6-13(16(15)21-2)11-19-18-10-12-5-3-7-14(17)9-12/h3-11H,1-2H3/b18-10+,19-11+. The van der Waals surface area contributed by atoms with Gasteiger partial charge in [-0.25, -0.2) is 0 Å². The lowest BCUT2D eigenvalue weighted by molar-refractivity contribution is 0.354. The molecule has 0 aliphatic heterocycles. The molecule has 0 saturated heterocycles. The Kier molecular flexibility index (Phi) is 5.74. The molecule has 2 aromatic carbocycles. The van der Waals surface area contributed by atoms with Crippen LogP contribution in [-0.2, 0) is 0 Å². The van der Waals surface area contributed by atoms with Crippen molar-refractivity contribution in [1.29, 1.82) is 0 Å². The number of ether oxygens (including phenoxy) is 2. The number of para-hydroxylation sites is 1. The average Bonchev–Trinajstić information content (AvgIpc) is 2.51. The first kappa shape index (κ1) is 15.5. The molecule has 0 aromatic heterocycles. The van der Waals surface area contributed by atoms with Crippen LogP contribution in [0.3, 0.4) is 0 Å². The van der Waals surface area contributed by atoms with Gasteiger partial charge in [0.2, 0.25) is 0 Å². The molecular weight excluding hydrogens is 379 g/mol. The zero-order valence-corrected chi connectivity index (χ0v) is 13.9. The Morgan fingerprint density at radius 1 is 0.952 bits per heavy atom. The molecule has 108 valence electrons. The van der Waals surface area contributed by atoms with Crippen LogP contribution in [0.15, 0.2) is 52.7 Å². The Labute approximate surface area is 137 Å². The second kappa shape index (κ2) is 7.78. The minimum atomic E-state index is 0.646. The van der Waals surface area contributed by atoms with Crippen LogP contribution in [0.25, 0.3) is 0 Å². The van der Waals surface area contributed by atoms with E-state index < -0.39 is 0 Å². The van der Waals surface area contributed by atoms with Gasteiger partial charge in [0.15, 0.2) is 11.5 Å². The summed E-state index contributed by atoms with van der Waals surface area (Å²) in [6, 6.07) is 13.6. The second-order valence-corrected chi connectivity index (χ2v) is 5.37. The number of benzene rings is 2. The lowest BCUT2D eigenvalue weighted by Gasteiger charge is -2.08. The Morgan fingerprint density at radius 2 is 1.71 bits per heavy atom. The molecule has 0 N–H and O–H groups in total. The van der Waals surface area contributed by atoms with E-state index in [0.29, 0.717) is 11.5 Å². The predicted octanol–water partition coefficient (Wildman–Crippen LogP) is 3.76. The molecule has 21 heavy (non-hydrogen) atoms. The van der Waals surface area contributed by atoms with E-state index in [1.807, 2.05) is 42.5 Å². The highest BCUT2D eigenvalue weighted by Crippen LogP contribution is 2.29. The van der Waals surface area contributed by atoms with Gasteiger partial charge in [-0.3, -0.25) is 0 Å². The zero-order chi connectivity index (χ0) is 15.1. The SMILES string of the molecule is COc1cccc(/C=N/N=C/c2cccc(I)c2)c1OC. The van der Waals surface area contributed by atoms with E-state index in [1.165, 1.54) is 0 Å². The van der Waals surface area contributed by atoms with Crippen molar-refractivity contribution < 1.29 is 9.47 Å². The smallest absolute Gasteiger partial charge is 0.169 e. The van der Waals surface area contributed by atoms with Crippen LogP contribution in [0.5, 0.6) is 11.5 Å². The first-order valence-corrected chi connectivity index (χ1v) is 7.35. The summed E-state index contributed by atoms with van der Waals surface area (Å²) in [4.78, 5) is 0. The Hall–Kier alpha value is -1.89. The summed E-state index contributed by atoms with van der Waals surface area (Å²) in [5.41, 5.74) is 1.83. The first-order chi connectivity index (χ1) is 10.2. The number of hydrogen-bond acceptors (Lipinski definition) is 4. The van der Waals surface area contributed by atoms with Crippen molar-refractivity contribution in [1.82, 2.24) is 0 Å². The second-order valence-electron chi connectivity index (χ2n) is 4.13. The molecule has 4 nitrogen and oxygen atoms in total. The van der Waals surface area contributed by atoms with Crippen molar-refractivity contribution in [2.75, 3.05) is 14.2 Å². The van der Waals surface area contributed by atoms with Crippen LogP contribution >= 0.6 is 22.6 Å². The molecule has 2 rings (SSSR count). The van der Waals surface area contributed by atoms with Gasteiger partial charge in [-0.2, -0.15) is 10.2 Å². The highest BCUT2D eigenvalue weighted by molar-refractivity contribution is 14.1. The Bertz CT molecular complexity index is 669. The van der Waals surface area contributed by atoms with Crippen LogP contribution in [-0.4, -0.2) is 26.6 Å². The van der Waals surface area contributed by atoms with Crippen LogP contribution in [0.4, 0.5) is 0 Å². The summed E-state index contributed by atoms with van der Waals surface area (Å²) in [5, 5.41) is 8.11. The fourth-order valence-corrected chi connectivity index (χ4v) is 2.36. The maximum atomic E-state index is 5.33. The average molecular weight is 394 g/mol. The molecule has 0 bridgehead atoms. The van der Waals surface area contributed by atoms with E-state index in [-0.39, 0.29) is 0 Å². The number of nitrogens with zero attached hydrogens (tertiary/aromatic N) is 2. The number of halogens is 1. The highest BCUT2D eigenvalue weighted by atomic mass is 127. The molecule has 0 atom stereocenters. The molecule has 5 heteroatoms. The van der Waals surface area contributed by atoms with E-state index >= 15 is 0 Å². The molecule has 0 radical (unpaired) electrons. The van der Waals surface area contributed by atoms with Crippen LogP contribution in [0, 0.1) is 3.57 Å². The monoisotopic (exact) mass is 394 g/mol. The minimum Gasteiger partial charge on any atom is -0.493 e. The van der Waals surface area contributed by atoms with E-state index in [1.54, 1.807) is 26.6 Å². The molecular formula is C16H15IN2O2. The Morgan fingerprint density at radius 3 is 2.43 bits per heavy atom. The molecule has 0 saturated carbocycles. The summed E-state index contributed by atoms with van der Waals surface area (Å²) in [6.45, 7) is 0. The molecule has 0 spiro atoms. The van der Waals surface area contributed by atoms with E-state index in [0.717, 1.165) is 14.7 Å². The maximum absolute atomic E-state index is 5.33. The fourth-order valence-electron chi connectivity index (χ4n) is 1.80. The summed E-state index contributed by atoms with van der Waals surface area (Å²) < 4.78 is 11.7. The van der Waals surface area contributed by atoms with Gasteiger partial charge >= 0.3 is 0 Å².